The number of rotatable bonds is 3. The van der Waals surface area contributed by atoms with Crippen LogP contribution in [-0.4, -0.2) is 13.3 Å². The van der Waals surface area contributed by atoms with E-state index in [9.17, 15) is 4.39 Å². The highest BCUT2D eigenvalue weighted by molar-refractivity contribution is 6.30. The van der Waals surface area contributed by atoms with Gasteiger partial charge in [0, 0.05) is 35.8 Å². The SMILES string of the molecule is Fc1cccc(CN2CC3C(c4ccc(Cl)cc4)NNC3c3cc4c(cc32)OCO4)c1. The van der Waals surface area contributed by atoms with Crippen molar-refractivity contribution in [1.29, 1.82) is 0 Å². The summed E-state index contributed by atoms with van der Waals surface area (Å²) in [7, 11) is 0. The number of hydrazine groups is 1. The third-order valence-electron chi connectivity index (χ3n) is 6.37. The molecular formula is C24H21ClFN3O2. The zero-order valence-electron chi connectivity index (χ0n) is 16.6. The highest BCUT2D eigenvalue weighted by Gasteiger charge is 2.44. The molecule has 2 N–H and O–H groups in total. The molecule has 3 unspecified atom stereocenters. The summed E-state index contributed by atoms with van der Waals surface area (Å²) in [5.41, 5.74) is 11.3. The van der Waals surface area contributed by atoms with Crippen LogP contribution in [-0.2, 0) is 6.54 Å². The van der Waals surface area contributed by atoms with E-state index in [0.29, 0.717) is 6.54 Å². The lowest BCUT2D eigenvalue weighted by molar-refractivity contribution is 0.174. The first-order valence-corrected chi connectivity index (χ1v) is 10.7. The van der Waals surface area contributed by atoms with Crippen LogP contribution in [0.1, 0.15) is 28.8 Å². The van der Waals surface area contributed by atoms with E-state index in [1.807, 2.05) is 24.3 Å². The van der Waals surface area contributed by atoms with Crippen molar-refractivity contribution < 1.29 is 13.9 Å². The molecule has 0 spiro atoms. The van der Waals surface area contributed by atoms with Crippen LogP contribution in [0.2, 0.25) is 5.02 Å². The van der Waals surface area contributed by atoms with Gasteiger partial charge in [-0.2, -0.15) is 0 Å². The maximum absolute atomic E-state index is 13.8. The van der Waals surface area contributed by atoms with E-state index in [-0.39, 0.29) is 30.6 Å². The number of halogens is 2. The zero-order chi connectivity index (χ0) is 20.9. The lowest BCUT2D eigenvalue weighted by atomic mass is 9.81. The Balaban J connectivity index is 1.40. The topological polar surface area (TPSA) is 45.8 Å². The second-order valence-electron chi connectivity index (χ2n) is 8.23. The number of benzene rings is 3. The Labute approximate surface area is 184 Å². The highest BCUT2D eigenvalue weighted by atomic mass is 35.5. The fourth-order valence-corrected chi connectivity index (χ4v) is 5.06. The first kappa shape index (κ1) is 18.9. The van der Waals surface area contributed by atoms with Gasteiger partial charge in [-0.1, -0.05) is 35.9 Å². The van der Waals surface area contributed by atoms with E-state index in [0.717, 1.165) is 39.9 Å². The Bertz CT molecular complexity index is 1140. The third-order valence-corrected chi connectivity index (χ3v) is 6.62. The molecule has 0 amide bonds. The van der Waals surface area contributed by atoms with Gasteiger partial charge in [-0.15, -0.1) is 0 Å². The maximum atomic E-state index is 13.8. The van der Waals surface area contributed by atoms with Gasteiger partial charge in [0.05, 0.1) is 12.1 Å². The molecule has 5 nitrogen and oxygen atoms in total. The first-order valence-electron chi connectivity index (χ1n) is 10.4. The van der Waals surface area contributed by atoms with Crippen molar-refractivity contribution in [2.24, 2.45) is 5.92 Å². The van der Waals surface area contributed by atoms with Crippen LogP contribution < -0.4 is 25.2 Å². The quantitative estimate of drug-likeness (QED) is 0.620. The number of hydrogen-bond donors (Lipinski definition) is 2. The summed E-state index contributed by atoms with van der Waals surface area (Å²) in [6.45, 7) is 1.65. The molecule has 3 heterocycles. The van der Waals surface area contributed by atoms with Crippen LogP contribution in [0.15, 0.2) is 60.7 Å². The van der Waals surface area contributed by atoms with Gasteiger partial charge in [-0.05, 0) is 47.0 Å². The van der Waals surface area contributed by atoms with E-state index in [1.54, 1.807) is 12.1 Å². The fourth-order valence-electron chi connectivity index (χ4n) is 4.93. The zero-order valence-corrected chi connectivity index (χ0v) is 17.4. The summed E-state index contributed by atoms with van der Waals surface area (Å²) in [4.78, 5) is 2.31. The molecule has 7 heteroatoms. The van der Waals surface area contributed by atoms with Gasteiger partial charge in [0.1, 0.15) is 5.82 Å². The average Bonchev–Trinajstić information content (AvgIpc) is 3.40. The molecule has 3 aliphatic heterocycles. The lowest BCUT2D eigenvalue weighted by Gasteiger charge is -2.39. The molecule has 0 radical (unpaired) electrons. The van der Waals surface area contributed by atoms with Crippen molar-refractivity contribution in [3.63, 3.8) is 0 Å². The van der Waals surface area contributed by atoms with Gasteiger partial charge in [0.15, 0.2) is 11.5 Å². The standard InChI is InChI=1S/C24H21ClFN3O2/c25-16-6-4-15(5-7-16)23-19-12-29(11-14-2-1-3-17(26)8-14)20-10-22-21(30-13-31-22)9-18(20)24(19)28-27-23/h1-10,19,23-24,27-28H,11-13H2. The molecule has 3 aliphatic rings. The Morgan fingerprint density at radius 1 is 0.968 bits per heavy atom. The molecule has 3 atom stereocenters. The largest absolute Gasteiger partial charge is 0.454 e. The van der Waals surface area contributed by atoms with Crippen LogP contribution >= 0.6 is 11.6 Å². The summed E-state index contributed by atoms with van der Waals surface area (Å²) >= 11 is 6.10. The van der Waals surface area contributed by atoms with E-state index >= 15 is 0 Å². The Kier molecular flexibility index (Phi) is 4.52. The first-order chi connectivity index (χ1) is 15.2. The second kappa shape index (κ2) is 7.41. The van der Waals surface area contributed by atoms with Crippen LogP contribution in [0, 0.1) is 11.7 Å². The van der Waals surface area contributed by atoms with Crippen LogP contribution in [0.5, 0.6) is 11.5 Å². The highest BCUT2D eigenvalue weighted by Crippen LogP contribution is 2.49. The molecule has 0 aromatic heterocycles. The predicted octanol–water partition coefficient (Wildman–Crippen LogP) is 4.73. The number of hydrogen-bond acceptors (Lipinski definition) is 5. The summed E-state index contributed by atoms with van der Waals surface area (Å²) in [5.74, 6) is 1.56. The smallest absolute Gasteiger partial charge is 0.231 e. The van der Waals surface area contributed by atoms with Gasteiger partial charge in [0.25, 0.3) is 0 Å². The number of nitrogens with zero attached hydrogens (tertiary/aromatic N) is 1. The van der Waals surface area contributed by atoms with E-state index in [2.05, 4.69) is 34.0 Å². The summed E-state index contributed by atoms with van der Waals surface area (Å²) in [5, 5.41) is 0.723. The molecule has 1 saturated heterocycles. The number of ether oxygens (including phenoxy) is 2. The molecule has 0 aliphatic carbocycles. The molecule has 3 aromatic carbocycles. The average molecular weight is 438 g/mol. The van der Waals surface area contributed by atoms with Crippen molar-refractivity contribution in [3.05, 3.63) is 88.2 Å². The molecule has 0 saturated carbocycles. The molecule has 3 aromatic rings. The number of nitrogens with one attached hydrogen (secondary N) is 2. The Morgan fingerprint density at radius 3 is 2.55 bits per heavy atom. The molecule has 31 heavy (non-hydrogen) atoms. The van der Waals surface area contributed by atoms with Gasteiger partial charge in [-0.3, -0.25) is 0 Å². The van der Waals surface area contributed by atoms with Crippen molar-refractivity contribution in [3.8, 4) is 11.5 Å². The fraction of sp³-hybridized carbons (Fsp3) is 0.250. The van der Waals surface area contributed by atoms with Gasteiger partial charge < -0.3 is 14.4 Å². The van der Waals surface area contributed by atoms with E-state index in [1.165, 1.54) is 11.6 Å². The normalized spacial score (nSPS) is 23.5. The monoisotopic (exact) mass is 437 g/mol. The van der Waals surface area contributed by atoms with Crippen LogP contribution in [0.25, 0.3) is 0 Å². The van der Waals surface area contributed by atoms with Crippen LogP contribution in [0.3, 0.4) is 0 Å². The van der Waals surface area contributed by atoms with Crippen molar-refractivity contribution >= 4 is 17.3 Å². The van der Waals surface area contributed by atoms with Gasteiger partial charge in [0.2, 0.25) is 6.79 Å². The second-order valence-corrected chi connectivity index (χ2v) is 8.67. The Hall–Kier alpha value is -2.80. The lowest BCUT2D eigenvalue weighted by Crippen LogP contribution is -2.39. The molecule has 158 valence electrons. The third kappa shape index (κ3) is 3.31. The Morgan fingerprint density at radius 2 is 1.74 bits per heavy atom. The summed E-state index contributed by atoms with van der Waals surface area (Å²) < 4.78 is 25.1. The van der Waals surface area contributed by atoms with Crippen molar-refractivity contribution in [2.45, 2.75) is 18.6 Å². The summed E-state index contributed by atoms with van der Waals surface area (Å²) in [6, 6.07) is 19.1. The van der Waals surface area contributed by atoms with Crippen molar-refractivity contribution in [1.82, 2.24) is 10.9 Å². The number of fused-ring (bicyclic) bond motifs is 4. The van der Waals surface area contributed by atoms with Crippen LogP contribution in [0.4, 0.5) is 10.1 Å². The van der Waals surface area contributed by atoms with Crippen molar-refractivity contribution in [2.75, 3.05) is 18.2 Å². The predicted molar refractivity (Wildman–Crippen MR) is 117 cm³/mol. The maximum Gasteiger partial charge on any atom is 0.231 e. The molecule has 6 rings (SSSR count). The molecule has 1 fully saturated rings. The van der Waals surface area contributed by atoms with Gasteiger partial charge >= 0.3 is 0 Å². The minimum Gasteiger partial charge on any atom is -0.454 e. The molecular weight excluding hydrogens is 417 g/mol. The number of anilines is 1. The van der Waals surface area contributed by atoms with Gasteiger partial charge in [-0.25, -0.2) is 15.2 Å². The van der Waals surface area contributed by atoms with E-state index in [4.69, 9.17) is 21.1 Å². The summed E-state index contributed by atoms with van der Waals surface area (Å²) in [6.07, 6.45) is 0. The van der Waals surface area contributed by atoms with E-state index < -0.39 is 0 Å². The minimum absolute atomic E-state index is 0.119. The molecule has 0 bridgehead atoms. The minimum atomic E-state index is -0.221.